The van der Waals surface area contributed by atoms with E-state index in [4.69, 9.17) is 11.6 Å². The van der Waals surface area contributed by atoms with Crippen molar-refractivity contribution in [3.8, 4) is 0 Å². The fourth-order valence-corrected chi connectivity index (χ4v) is 5.00. The van der Waals surface area contributed by atoms with Gasteiger partial charge in [0.2, 0.25) is 0 Å². The second-order valence-corrected chi connectivity index (χ2v) is 9.49. The standard InChI is InChI=1S/C20H20ClN5O3S/c1-25-12-18(23-13-25)30(28,29)26-10-15(11-26)19(17-4-2-3-9-22-17)24-20(27)14-5-7-16(21)8-6-14/h2-9,12-13,15,19H,10-11H2,1H3,(H,24,27). The van der Waals surface area contributed by atoms with Crippen LogP contribution >= 0.6 is 11.6 Å². The van der Waals surface area contributed by atoms with Gasteiger partial charge in [0, 0.05) is 49.0 Å². The van der Waals surface area contributed by atoms with E-state index in [1.807, 2.05) is 12.1 Å². The van der Waals surface area contributed by atoms with Gasteiger partial charge in [-0.15, -0.1) is 0 Å². The van der Waals surface area contributed by atoms with Crippen molar-refractivity contribution in [2.45, 2.75) is 11.1 Å². The fourth-order valence-electron chi connectivity index (χ4n) is 3.35. The first kappa shape index (κ1) is 20.5. The van der Waals surface area contributed by atoms with E-state index in [-0.39, 0.29) is 29.9 Å². The smallest absolute Gasteiger partial charge is 0.262 e. The van der Waals surface area contributed by atoms with Gasteiger partial charge in [-0.05, 0) is 36.4 Å². The summed E-state index contributed by atoms with van der Waals surface area (Å²) in [5, 5.41) is 3.56. The lowest BCUT2D eigenvalue weighted by Crippen LogP contribution is -2.55. The number of carbonyl (C=O) groups excluding carboxylic acids is 1. The molecule has 3 aromatic rings. The summed E-state index contributed by atoms with van der Waals surface area (Å²) < 4.78 is 28.4. The van der Waals surface area contributed by atoms with Crippen molar-refractivity contribution in [1.29, 1.82) is 0 Å². The van der Waals surface area contributed by atoms with Gasteiger partial charge in [-0.1, -0.05) is 17.7 Å². The van der Waals surface area contributed by atoms with Gasteiger partial charge < -0.3 is 9.88 Å². The molecule has 8 nitrogen and oxygen atoms in total. The number of benzene rings is 1. The average molecular weight is 446 g/mol. The average Bonchev–Trinajstić information content (AvgIpc) is 3.14. The predicted molar refractivity (Wildman–Crippen MR) is 111 cm³/mol. The Hall–Kier alpha value is -2.75. The lowest BCUT2D eigenvalue weighted by molar-refractivity contribution is 0.0868. The van der Waals surface area contributed by atoms with Crippen LogP contribution in [0.4, 0.5) is 0 Å². The zero-order chi connectivity index (χ0) is 21.3. The van der Waals surface area contributed by atoms with Crippen LogP contribution < -0.4 is 5.32 Å². The maximum atomic E-state index is 12.8. The number of pyridine rings is 1. The van der Waals surface area contributed by atoms with Gasteiger partial charge in [-0.3, -0.25) is 9.78 Å². The Labute approximate surface area is 179 Å². The number of rotatable bonds is 6. The lowest BCUT2D eigenvalue weighted by Gasteiger charge is -2.41. The first-order chi connectivity index (χ1) is 14.3. The van der Waals surface area contributed by atoms with E-state index in [9.17, 15) is 13.2 Å². The van der Waals surface area contributed by atoms with Gasteiger partial charge in [-0.25, -0.2) is 13.4 Å². The summed E-state index contributed by atoms with van der Waals surface area (Å²) in [5.74, 6) is -0.386. The van der Waals surface area contributed by atoms with Crippen LogP contribution in [0.15, 0.2) is 66.2 Å². The Morgan fingerprint density at radius 1 is 1.17 bits per heavy atom. The predicted octanol–water partition coefficient (Wildman–Crippen LogP) is 2.26. The number of halogens is 1. The summed E-state index contributed by atoms with van der Waals surface area (Å²) in [5.41, 5.74) is 1.15. The molecule has 1 fully saturated rings. The van der Waals surface area contributed by atoms with Crippen molar-refractivity contribution >= 4 is 27.5 Å². The van der Waals surface area contributed by atoms with Gasteiger partial charge in [0.1, 0.15) is 0 Å². The highest BCUT2D eigenvalue weighted by molar-refractivity contribution is 7.89. The Kier molecular flexibility index (Phi) is 5.59. The minimum absolute atomic E-state index is 0.0167. The van der Waals surface area contributed by atoms with Crippen LogP contribution in [-0.4, -0.2) is 46.3 Å². The van der Waals surface area contributed by atoms with Crippen molar-refractivity contribution < 1.29 is 13.2 Å². The molecule has 3 heterocycles. The minimum atomic E-state index is -3.66. The Balaban J connectivity index is 1.52. The molecule has 30 heavy (non-hydrogen) atoms. The molecule has 0 radical (unpaired) electrons. The lowest BCUT2D eigenvalue weighted by atomic mass is 9.90. The molecular weight excluding hydrogens is 426 g/mol. The number of imidazole rings is 1. The largest absolute Gasteiger partial charge is 0.343 e. The van der Waals surface area contributed by atoms with Crippen molar-refractivity contribution in [3.05, 3.63) is 77.5 Å². The van der Waals surface area contributed by atoms with E-state index in [2.05, 4.69) is 15.3 Å². The summed E-state index contributed by atoms with van der Waals surface area (Å²) in [7, 11) is -1.95. The van der Waals surface area contributed by atoms with Gasteiger partial charge in [0.05, 0.1) is 18.1 Å². The van der Waals surface area contributed by atoms with Crippen LogP contribution in [0.25, 0.3) is 0 Å². The molecule has 0 spiro atoms. The number of aromatic nitrogens is 3. The van der Waals surface area contributed by atoms with Crippen molar-refractivity contribution in [2.24, 2.45) is 13.0 Å². The molecule has 1 atom stereocenters. The molecule has 4 rings (SSSR count). The maximum Gasteiger partial charge on any atom is 0.262 e. The van der Waals surface area contributed by atoms with Crippen molar-refractivity contribution in [1.82, 2.24) is 24.2 Å². The van der Waals surface area contributed by atoms with E-state index in [0.717, 1.165) is 0 Å². The van der Waals surface area contributed by atoms with Crippen LogP contribution in [0.1, 0.15) is 22.1 Å². The molecule has 2 aromatic heterocycles. The summed E-state index contributed by atoms with van der Waals surface area (Å²) >= 11 is 5.90. The zero-order valence-corrected chi connectivity index (χ0v) is 17.7. The highest BCUT2D eigenvalue weighted by atomic mass is 35.5. The molecule has 1 aliphatic rings. The summed E-state index contributed by atoms with van der Waals surface area (Å²) in [6.07, 6.45) is 4.58. The highest BCUT2D eigenvalue weighted by Gasteiger charge is 2.43. The Bertz CT molecular complexity index is 1140. The molecule has 1 aromatic carbocycles. The van der Waals surface area contributed by atoms with E-state index in [1.165, 1.54) is 16.8 Å². The second kappa shape index (κ2) is 8.17. The summed E-state index contributed by atoms with van der Waals surface area (Å²) in [4.78, 5) is 21.1. The van der Waals surface area contributed by atoms with E-state index >= 15 is 0 Å². The van der Waals surface area contributed by atoms with Crippen LogP contribution in [-0.2, 0) is 17.1 Å². The highest BCUT2D eigenvalue weighted by Crippen LogP contribution is 2.33. The normalized spacial score (nSPS) is 16.1. The molecule has 0 aliphatic carbocycles. The summed E-state index contributed by atoms with van der Waals surface area (Å²) in [6.45, 7) is 0.530. The monoisotopic (exact) mass is 445 g/mol. The molecule has 0 bridgehead atoms. The number of carbonyl (C=O) groups is 1. The van der Waals surface area contributed by atoms with Crippen LogP contribution in [0.2, 0.25) is 5.02 Å². The number of nitrogens with zero attached hydrogens (tertiary/aromatic N) is 4. The molecule has 0 saturated carbocycles. The van der Waals surface area contributed by atoms with Crippen LogP contribution in [0.3, 0.4) is 0 Å². The Morgan fingerprint density at radius 2 is 1.90 bits per heavy atom. The van der Waals surface area contributed by atoms with Crippen molar-refractivity contribution in [3.63, 3.8) is 0 Å². The first-order valence-corrected chi connectivity index (χ1v) is 11.1. The number of nitrogens with one attached hydrogen (secondary N) is 1. The van der Waals surface area contributed by atoms with Gasteiger partial charge in [0.15, 0.2) is 5.03 Å². The molecule has 1 unspecified atom stereocenters. The van der Waals surface area contributed by atoms with Crippen LogP contribution in [0, 0.1) is 5.92 Å². The third kappa shape index (κ3) is 4.09. The SMILES string of the molecule is Cn1cnc(S(=O)(=O)N2CC(C(NC(=O)c3ccc(Cl)cc3)c3ccccn3)C2)c1. The van der Waals surface area contributed by atoms with E-state index in [1.54, 1.807) is 48.1 Å². The molecule has 156 valence electrons. The number of hydrogen-bond acceptors (Lipinski definition) is 5. The zero-order valence-electron chi connectivity index (χ0n) is 16.1. The van der Waals surface area contributed by atoms with Crippen LogP contribution in [0.5, 0.6) is 0 Å². The molecule has 1 saturated heterocycles. The quantitative estimate of drug-likeness (QED) is 0.627. The third-order valence-corrected chi connectivity index (χ3v) is 7.00. The number of sulfonamides is 1. The van der Waals surface area contributed by atoms with Gasteiger partial charge in [-0.2, -0.15) is 4.31 Å². The fraction of sp³-hybridized carbons (Fsp3) is 0.250. The molecule has 1 aliphatic heterocycles. The molecule has 1 N–H and O–H groups in total. The molecular formula is C20H20ClN5O3S. The number of amides is 1. The first-order valence-electron chi connectivity index (χ1n) is 9.30. The topological polar surface area (TPSA) is 97.2 Å². The number of hydrogen-bond donors (Lipinski definition) is 1. The van der Waals surface area contributed by atoms with Gasteiger partial charge in [0.25, 0.3) is 15.9 Å². The molecule has 1 amide bonds. The minimum Gasteiger partial charge on any atom is -0.343 e. The van der Waals surface area contributed by atoms with Gasteiger partial charge >= 0.3 is 0 Å². The van der Waals surface area contributed by atoms with Crippen molar-refractivity contribution in [2.75, 3.05) is 13.1 Å². The third-order valence-electron chi connectivity index (χ3n) is 5.03. The Morgan fingerprint density at radius 3 is 2.50 bits per heavy atom. The maximum absolute atomic E-state index is 12.8. The second-order valence-electron chi connectivity index (χ2n) is 7.17. The molecule has 10 heteroatoms. The number of aryl methyl sites for hydroxylation is 1. The summed E-state index contributed by atoms with van der Waals surface area (Å²) in [6, 6.07) is 11.6. The van der Waals surface area contributed by atoms with E-state index in [0.29, 0.717) is 16.3 Å². The van der Waals surface area contributed by atoms with E-state index < -0.39 is 16.1 Å².